The molecule has 4 heteroatoms. The maximum absolute atomic E-state index is 6.13. The Balaban J connectivity index is 1.80. The van der Waals surface area contributed by atoms with Crippen molar-refractivity contribution in [2.75, 3.05) is 5.75 Å². The molecule has 17 heavy (non-hydrogen) atoms. The van der Waals surface area contributed by atoms with Gasteiger partial charge in [0, 0.05) is 21.6 Å². The standard InChI is InChI=1S/C13H14BrNS2/c14-13-7-6-12(17-13)8-10(15)9-16-11-4-2-1-3-5-11/h1-7,10H,8-9,15H2. The molecule has 0 amide bonds. The van der Waals surface area contributed by atoms with Gasteiger partial charge in [-0.15, -0.1) is 23.1 Å². The third-order valence-corrected chi connectivity index (χ3v) is 5.15. The molecule has 1 aromatic heterocycles. The van der Waals surface area contributed by atoms with Crippen LogP contribution in [0.1, 0.15) is 4.88 Å². The summed E-state index contributed by atoms with van der Waals surface area (Å²) in [4.78, 5) is 2.63. The summed E-state index contributed by atoms with van der Waals surface area (Å²) in [6, 6.07) is 14.8. The molecule has 0 radical (unpaired) electrons. The monoisotopic (exact) mass is 327 g/mol. The predicted molar refractivity (Wildman–Crippen MR) is 80.9 cm³/mol. The Kier molecular flexibility index (Phi) is 5.10. The molecule has 2 N–H and O–H groups in total. The maximum atomic E-state index is 6.13. The van der Waals surface area contributed by atoms with Crippen molar-refractivity contribution in [3.05, 3.63) is 51.1 Å². The van der Waals surface area contributed by atoms with Gasteiger partial charge in [-0.25, -0.2) is 0 Å². The Labute approximate surface area is 119 Å². The predicted octanol–water partition coefficient (Wildman–Crippen LogP) is 4.17. The first-order valence-corrected chi connectivity index (χ1v) is 8.01. The molecule has 1 unspecified atom stereocenters. The van der Waals surface area contributed by atoms with Crippen molar-refractivity contribution >= 4 is 39.0 Å². The van der Waals surface area contributed by atoms with E-state index in [9.17, 15) is 0 Å². The summed E-state index contributed by atoms with van der Waals surface area (Å²) in [6.45, 7) is 0. The van der Waals surface area contributed by atoms with Gasteiger partial charge in [-0.05, 0) is 46.6 Å². The number of hydrogen-bond donors (Lipinski definition) is 1. The summed E-state index contributed by atoms with van der Waals surface area (Å²) in [7, 11) is 0. The van der Waals surface area contributed by atoms with Crippen molar-refractivity contribution in [1.29, 1.82) is 0 Å². The zero-order chi connectivity index (χ0) is 12.1. The average molecular weight is 328 g/mol. The average Bonchev–Trinajstić information content (AvgIpc) is 2.73. The van der Waals surface area contributed by atoms with E-state index >= 15 is 0 Å². The Bertz CT molecular complexity index is 455. The van der Waals surface area contributed by atoms with Gasteiger partial charge in [-0.1, -0.05) is 18.2 Å². The van der Waals surface area contributed by atoms with E-state index in [1.54, 1.807) is 11.3 Å². The van der Waals surface area contributed by atoms with E-state index in [0.717, 1.165) is 12.2 Å². The highest BCUT2D eigenvalue weighted by atomic mass is 79.9. The van der Waals surface area contributed by atoms with Gasteiger partial charge in [-0.3, -0.25) is 0 Å². The van der Waals surface area contributed by atoms with Crippen molar-refractivity contribution in [1.82, 2.24) is 0 Å². The van der Waals surface area contributed by atoms with Gasteiger partial charge in [0.1, 0.15) is 0 Å². The molecule has 0 aliphatic carbocycles. The van der Waals surface area contributed by atoms with Crippen molar-refractivity contribution in [2.24, 2.45) is 5.73 Å². The highest BCUT2D eigenvalue weighted by molar-refractivity contribution is 9.11. The SMILES string of the molecule is NC(CSc1ccccc1)Cc1ccc(Br)s1. The van der Waals surface area contributed by atoms with E-state index in [4.69, 9.17) is 5.73 Å². The Morgan fingerprint density at radius 1 is 1.18 bits per heavy atom. The van der Waals surface area contributed by atoms with Crippen molar-refractivity contribution < 1.29 is 0 Å². The molecule has 0 spiro atoms. The Morgan fingerprint density at radius 3 is 2.59 bits per heavy atom. The summed E-state index contributed by atoms with van der Waals surface area (Å²) in [5.41, 5.74) is 6.13. The molecule has 0 fully saturated rings. The molecule has 0 aliphatic heterocycles. The molecule has 2 rings (SSSR count). The molecule has 1 heterocycles. The van der Waals surface area contributed by atoms with Crippen LogP contribution < -0.4 is 5.73 Å². The van der Waals surface area contributed by atoms with Crippen LogP contribution in [0.5, 0.6) is 0 Å². The molecule has 1 nitrogen and oxygen atoms in total. The highest BCUT2D eigenvalue weighted by Crippen LogP contribution is 2.24. The molecule has 1 aromatic carbocycles. The van der Waals surface area contributed by atoms with Crippen LogP contribution in [-0.2, 0) is 6.42 Å². The number of thioether (sulfide) groups is 1. The van der Waals surface area contributed by atoms with Crippen LogP contribution in [0.4, 0.5) is 0 Å². The van der Waals surface area contributed by atoms with E-state index in [2.05, 4.69) is 52.3 Å². The van der Waals surface area contributed by atoms with Gasteiger partial charge in [-0.2, -0.15) is 0 Å². The molecule has 0 saturated carbocycles. The quantitative estimate of drug-likeness (QED) is 0.834. The fourth-order valence-corrected chi connectivity index (χ4v) is 3.95. The van der Waals surface area contributed by atoms with Gasteiger partial charge in [0.25, 0.3) is 0 Å². The fourth-order valence-electron chi connectivity index (χ4n) is 1.50. The summed E-state index contributed by atoms with van der Waals surface area (Å²) in [5, 5.41) is 0. The molecule has 0 saturated heterocycles. The number of halogens is 1. The topological polar surface area (TPSA) is 26.0 Å². The Morgan fingerprint density at radius 2 is 1.94 bits per heavy atom. The van der Waals surface area contributed by atoms with Gasteiger partial charge >= 0.3 is 0 Å². The van der Waals surface area contributed by atoms with Crippen LogP contribution in [0.2, 0.25) is 0 Å². The van der Waals surface area contributed by atoms with Crippen molar-refractivity contribution in [3.8, 4) is 0 Å². The van der Waals surface area contributed by atoms with Crippen LogP contribution >= 0.6 is 39.0 Å². The molecule has 2 aromatic rings. The smallest absolute Gasteiger partial charge is 0.0701 e. The van der Waals surface area contributed by atoms with E-state index in [1.807, 2.05) is 17.8 Å². The fraction of sp³-hybridized carbons (Fsp3) is 0.231. The number of thiophene rings is 1. The minimum Gasteiger partial charge on any atom is -0.327 e. The van der Waals surface area contributed by atoms with Crippen LogP contribution in [0.3, 0.4) is 0 Å². The summed E-state index contributed by atoms with van der Waals surface area (Å²) >= 11 is 7.06. The lowest BCUT2D eigenvalue weighted by Gasteiger charge is -2.09. The van der Waals surface area contributed by atoms with Crippen LogP contribution in [0, 0.1) is 0 Å². The zero-order valence-corrected chi connectivity index (χ0v) is 12.5. The summed E-state index contributed by atoms with van der Waals surface area (Å²) in [5.74, 6) is 0.958. The molecule has 0 bridgehead atoms. The van der Waals surface area contributed by atoms with Gasteiger partial charge < -0.3 is 5.73 Å². The summed E-state index contributed by atoms with van der Waals surface area (Å²) < 4.78 is 1.18. The van der Waals surface area contributed by atoms with E-state index in [-0.39, 0.29) is 6.04 Å². The maximum Gasteiger partial charge on any atom is 0.0701 e. The van der Waals surface area contributed by atoms with Crippen molar-refractivity contribution in [3.63, 3.8) is 0 Å². The van der Waals surface area contributed by atoms with Gasteiger partial charge in [0.05, 0.1) is 3.79 Å². The first kappa shape index (κ1) is 13.1. The van der Waals surface area contributed by atoms with Gasteiger partial charge in [0.2, 0.25) is 0 Å². The minimum absolute atomic E-state index is 0.214. The zero-order valence-electron chi connectivity index (χ0n) is 9.30. The first-order valence-electron chi connectivity index (χ1n) is 5.41. The van der Waals surface area contributed by atoms with E-state index in [0.29, 0.717) is 0 Å². The van der Waals surface area contributed by atoms with E-state index in [1.165, 1.54) is 13.6 Å². The summed E-state index contributed by atoms with van der Waals surface area (Å²) in [6.07, 6.45) is 0.954. The van der Waals surface area contributed by atoms with Crippen LogP contribution in [-0.4, -0.2) is 11.8 Å². The number of rotatable bonds is 5. The third-order valence-electron chi connectivity index (χ3n) is 2.30. The normalized spacial score (nSPS) is 12.6. The minimum atomic E-state index is 0.214. The molecule has 90 valence electrons. The number of nitrogens with two attached hydrogens (primary N) is 1. The molecule has 1 atom stereocenters. The van der Waals surface area contributed by atoms with Gasteiger partial charge in [0.15, 0.2) is 0 Å². The lowest BCUT2D eigenvalue weighted by molar-refractivity contribution is 0.757. The van der Waals surface area contributed by atoms with Crippen LogP contribution in [0.25, 0.3) is 0 Å². The second kappa shape index (κ2) is 6.59. The lowest BCUT2D eigenvalue weighted by Crippen LogP contribution is -2.25. The second-order valence-electron chi connectivity index (χ2n) is 3.79. The molecular formula is C13H14BrNS2. The third kappa shape index (κ3) is 4.47. The molecular weight excluding hydrogens is 314 g/mol. The number of benzene rings is 1. The molecule has 0 aliphatic rings. The highest BCUT2D eigenvalue weighted by Gasteiger charge is 2.06. The first-order chi connectivity index (χ1) is 8.24. The largest absolute Gasteiger partial charge is 0.327 e. The van der Waals surface area contributed by atoms with E-state index < -0.39 is 0 Å². The lowest BCUT2D eigenvalue weighted by atomic mass is 10.2. The van der Waals surface area contributed by atoms with Crippen molar-refractivity contribution in [2.45, 2.75) is 17.4 Å². The number of hydrogen-bond acceptors (Lipinski definition) is 3. The second-order valence-corrected chi connectivity index (χ2v) is 7.44. The Hall–Kier alpha value is -0.290. The van der Waals surface area contributed by atoms with Crippen LogP contribution in [0.15, 0.2) is 51.1 Å².